The summed E-state index contributed by atoms with van der Waals surface area (Å²) in [6, 6.07) is 13.8. The van der Waals surface area contributed by atoms with Crippen LogP contribution in [0.2, 0.25) is 0 Å². The van der Waals surface area contributed by atoms with Crippen LogP contribution in [-0.2, 0) is 11.7 Å². The first-order valence-corrected chi connectivity index (χ1v) is 12.1. The topological polar surface area (TPSA) is 58.2 Å². The van der Waals surface area contributed by atoms with Gasteiger partial charge in [0.05, 0.1) is 22.1 Å². The average Bonchev–Trinajstić information content (AvgIpc) is 3.47. The molecular formula is C28H23F6N3O2. The molecule has 0 aliphatic carbocycles. The van der Waals surface area contributed by atoms with Gasteiger partial charge in [0.2, 0.25) is 0 Å². The Morgan fingerprint density at radius 2 is 1.72 bits per heavy atom. The quantitative estimate of drug-likeness (QED) is 0.268. The van der Waals surface area contributed by atoms with E-state index >= 15 is 0 Å². The van der Waals surface area contributed by atoms with Gasteiger partial charge < -0.3 is 14.6 Å². The number of carbonyl (C=O) groups excluding carboxylic acids is 1. The number of aromatic nitrogens is 2. The van der Waals surface area contributed by atoms with E-state index in [1.807, 2.05) is 13.8 Å². The number of aromatic amines is 1. The minimum atomic E-state index is -4.82. The lowest BCUT2D eigenvalue weighted by Crippen LogP contribution is -2.43. The Bertz CT molecular complexity index is 1540. The minimum Gasteiger partial charge on any atom is -0.406 e. The van der Waals surface area contributed by atoms with Gasteiger partial charge in [-0.1, -0.05) is 29.8 Å². The molecule has 1 fully saturated rings. The number of nitrogens with one attached hydrogen (secondary N) is 1. The molecule has 204 valence electrons. The first-order chi connectivity index (χ1) is 18.2. The molecule has 0 spiro atoms. The van der Waals surface area contributed by atoms with Crippen LogP contribution in [0, 0.1) is 6.92 Å². The van der Waals surface area contributed by atoms with Crippen LogP contribution >= 0.6 is 0 Å². The second-order valence-electron chi connectivity index (χ2n) is 9.77. The third kappa shape index (κ3) is 5.17. The van der Waals surface area contributed by atoms with Gasteiger partial charge in [-0.3, -0.25) is 4.79 Å². The molecule has 39 heavy (non-hydrogen) atoms. The van der Waals surface area contributed by atoms with Gasteiger partial charge in [-0.05, 0) is 74.2 Å². The molecule has 2 heterocycles. The fourth-order valence-electron chi connectivity index (χ4n) is 5.04. The van der Waals surface area contributed by atoms with Crippen molar-refractivity contribution in [1.29, 1.82) is 0 Å². The molecule has 1 N–H and O–H groups in total. The number of rotatable bonds is 4. The number of imidazole rings is 1. The monoisotopic (exact) mass is 547 g/mol. The molecule has 4 aromatic rings. The second-order valence-corrected chi connectivity index (χ2v) is 9.77. The Hall–Kier alpha value is -4.02. The lowest BCUT2D eigenvalue weighted by atomic mass is 9.94. The van der Waals surface area contributed by atoms with Gasteiger partial charge in [0, 0.05) is 12.1 Å². The number of aryl methyl sites for hydroxylation is 1. The zero-order valence-corrected chi connectivity index (χ0v) is 20.9. The summed E-state index contributed by atoms with van der Waals surface area (Å²) in [6.45, 7) is 4.03. The molecule has 1 aliphatic heterocycles. The highest BCUT2D eigenvalue weighted by Gasteiger charge is 2.44. The maximum atomic E-state index is 14.0. The maximum Gasteiger partial charge on any atom is 0.573 e. The Morgan fingerprint density at radius 1 is 1.00 bits per heavy atom. The molecule has 0 radical (unpaired) electrons. The summed E-state index contributed by atoms with van der Waals surface area (Å²) in [5.41, 5.74) is 1.07. The highest BCUT2D eigenvalue weighted by molar-refractivity contribution is 6.01. The molecule has 1 unspecified atom stereocenters. The summed E-state index contributed by atoms with van der Waals surface area (Å²) < 4.78 is 81.3. The van der Waals surface area contributed by atoms with Crippen molar-refractivity contribution >= 4 is 16.9 Å². The van der Waals surface area contributed by atoms with E-state index in [0.717, 1.165) is 17.7 Å². The summed E-state index contributed by atoms with van der Waals surface area (Å²) >= 11 is 0. The summed E-state index contributed by atoms with van der Waals surface area (Å²) in [4.78, 5) is 23.2. The molecule has 1 aliphatic rings. The second kappa shape index (κ2) is 9.32. The van der Waals surface area contributed by atoms with Crippen LogP contribution in [0.1, 0.15) is 47.1 Å². The maximum absolute atomic E-state index is 14.0. The number of carbonyl (C=O) groups is 1. The van der Waals surface area contributed by atoms with Crippen LogP contribution in [0.15, 0.2) is 60.7 Å². The number of halogens is 6. The van der Waals surface area contributed by atoms with E-state index in [0.29, 0.717) is 47.4 Å². The van der Waals surface area contributed by atoms with Gasteiger partial charge in [0.1, 0.15) is 11.6 Å². The molecule has 1 atom stereocenters. The van der Waals surface area contributed by atoms with Crippen LogP contribution < -0.4 is 4.74 Å². The minimum absolute atomic E-state index is 0.220. The normalized spacial score (nSPS) is 18.1. The van der Waals surface area contributed by atoms with E-state index in [-0.39, 0.29) is 17.2 Å². The van der Waals surface area contributed by atoms with E-state index < -0.39 is 23.6 Å². The predicted molar refractivity (Wildman–Crippen MR) is 132 cm³/mol. The van der Waals surface area contributed by atoms with Crippen LogP contribution in [-0.4, -0.2) is 33.7 Å². The fourth-order valence-corrected chi connectivity index (χ4v) is 5.04. The van der Waals surface area contributed by atoms with Crippen LogP contribution in [0.4, 0.5) is 26.3 Å². The van der Waals surface area contributed by atoms with Crippen molar-refractivity contribution in [2.24, 2.45) is 0 Å². The van der Waals surface area contributed by atoms with Gasteiger partial charge in [0.15, 0.2) is 0 Å². The number of benzene rings is 3. The molecule has 1 saturated heterocycles. The first-order valence-electron chi connectivity index (χ1n) is 12.1. The Morgan fingerprint density at radius 3 is 2.38 bits per heavy atom. The lowest BCUT2D eigenvalue weighted by Gasteiger charge is -2.34. The van der Waals surface area contributed by atoms with Crippen LogP contribution in [0.25, 0.3) is 22.2 Å². The summed E-state index contributed by atoms with van der Waals surface area (Å²) in [5, 5.41) is 0. The lowest BCUT2D eigenvalue weighted by molar-refractivity contribution is -0.274. The van der Waals surface area contributed by atoms with Crippen molar-refractivity contribution < 1.29 is 35.9 Å². The largest absolute Gasteiger partial charge is 0.573 e. The van der Waals surface area contributed by atoms with E-state index in [4.69, 9.17) is 0 Å². The van der Waals surface area contributed by atoms with E-state index in [1.54, 1.807) is 23.1 Å². The van der Waals surface area contributed by atoms with Crippen molar-refractivity contribution in [3.05, 3.63) is 83.2 Å². The Labute approximate surface area is 219 Å². The number of nitrogens with zero attached hydrogens (tertiary/aromatic N) is 2. The first kappa shape index (κ1) is 26.6. The predicted octanol–water partition coefficient (Wildman–Crippen LogP) is 7.61. The average molecular weight is 547 g/mol. The van der Waals surface area contributed by atoms with Gasteiger partial charge in [-0.25, -0.2) is 4.98 Å². The van der Waals surface area contributed by atoms with Gasteiger partial charge >= 0.3 is 12.5 Å². The van der Waals surface area contributed by atoms with Gasteiger partial charge in [-0.15, -0.1) is 13.2 Å². The smallest absolute Gasteiger partial charge is 0.406 e. The molecule has 5 nitrogen and oxygen atoms in total. The number of alkyl halides is 6. The highest BCUT2D eigenvalue weighted by atomic mass is 19.4. The van der Waals surface area contributed by atoms with Crippen molar-refractivity contribution in [2.75, 3.05) is 6.54 Å². The summed E-state index contributed by atoms with van der Waals surface area (Å²) in [6.07, 6.45) is -8.14. The third-order valence-electron chi connectivity index (χ3n) is 7.01. The van der Waals surface area contributed by atoms with Crippen LogP contribution in [0.5, 0.6) is 5.75 Å². The zero-order chi connectivity index (χ0) is 28.2. The molecule has 1 amide bonds. The van der Waals surface area contributed by atoms with Gasteiger partial charge in [-0.2, -0.15) is 13.2 Å². The molecule has 1 aromatic heterocycles. The number of amides is 1. The standard InChI is InChI=1S/C28H23F6N3O2/c1-16-4-10-20(17-5-8-19(9-6-17)39-28(32,33)34)21(14-16)24(38)37-13-3-12-26(37,2)25-35-22-11-7-18(27(29,30)31)15-23(22)36-25/h4-11,14-15H,3,12-13H2,1-2H3,(H,35,36). The number of ether oxygens (including phenoxy) is 1. The van der Waals surface area contributed by atoms with E-state index in [1.165, 1.54) is 30.3 Å². The molecule has 0 bridgehead atoms. The summed E-state index contributed by atoms with van der Waals surface area (Å²) in [5.74, 6) is -0.316. The van der Waals surface area contributed by atoms with Crippen molar-refractivity contribution in [3.8, 4) is 16.9 Å². The van der Waals surface area contributed by atoms with E-state index in [9.17, 15) is 31.1 Å². The fraction of sp³-hybridized carbons (Fsp3) is 0.286. The summed E-state index contributed by atoms with van der Waals surface area (Å²) in [7, 11) is 0. The molecule has 11 heteroatoms. The zero-order valence-electron chi connectivity index (χ0n) is 20.9. The number of likely N-dealkylation sites (tertiary alicyclic amines) is 1. The number of fused-ring (bicyclic) bond motifs is 1. The third-order valence-corrected chi connectivity index (χ3v) is 7.01. The van der Waals surface area contributed by atoms with Crippen LogP contribution in [0.3, 0.4) is 0 Å². The molecular weight excluding hydrogens is 524 g/mol. The van der Waals surface area contributed by atoms with Crippen molar-refractivity contribution in [3.63, 3.8) is 0 Å². The van der Waals surface area contributed by atoms with E-state index in [2.05, 4.69) is 14.7 Å². The molecule has 0 saturated carbocycles. The van der Waals surface area contributed by atoms with Crippen molar-refractivity contribution in [1.82, 2.24) is 14.9 Å². The Kier molecular flexibility index (Phi) is 6.35. The SMILES string of the molecule is Cc1ccc(-c2ccc(OC(F)(F)F)cc2)c(C(=O)N2CCCC2(C)c2nc3ccc(C(F)(F)F)cc3[nH]2)c1. The number of hydrogen-bond acceptors (Lipinski definition) is 3. The number of H-pyrrole nitrogens is 1. The molecule has 3 aromatic carbocycles. The van der Waals surface area contributed by atoms with Crippen molar-refractivity contribution in [2.45, 2.75) is 44.8 Å². The number of hydrogen-bond donors (Lipinski definition) is 1. The molecule has 5 rings (SSSR count). The Balaban J connectivity index is 1.50. The van der Waals surface area contributed by atoms with Gasteiger partial charge in [0.25, 0.3) is 5.91 Å². The highest BCUT2D eigenvalue weighted by Crippen LogP contribution is 2.41.